The minimum Gasteiger partial charge on any atom is -0.384 e. The Morgan fingerprint density at radius 2 is 2.04 bits per heavy atom. The average Bonchev–Trinajstić information content (AvgIpc) is 3.11. The van der Waals surface area contributed by atoms with Crippen LogP contribution in [-0.4, -0.2) is 43.1 Å². The topological polar surface area (TPSA) is 45.4 Å². The maximum Gasteiger partial charge on any atom is 0.131 e. The minimum absolute atomic E-state index is 0.198. The lowest BCUT2D eigenvalue weighted by molar-refractivity contribution is 0.315. The van der Waals surface area contributed by atoms with E-state index in [0.29, 0.717) is 17.4 Å². The number of pyridine rings is 1. The van der Waals surface area contributed by atoms with Gasteiger partial charge in [-0.15, -0.1) is 0 Å². The van der Waals surface area contributed by atoms with Crippen LogP contribution in [0.1, 0.15) is 12.0 Å². The number of likely N-dealkylation sites (N-methyl/N-ethyl adjacent to an activating group) is 1. The van der Waals surface area contributed by atoms with Crippen molar-refractivity contribution in [1.82, 2.24) is 9.88 Å². The zero-order valence-electron chi connectivity index (χ0n) is 16.0. The second-order valence-corrected chi connectivity index (χ2v) is 7.61. The van der Waals surface area contributed by atoms with Crippen molar-refractivity contribution >= 4 is 22.3 Å². The van der Waals surface area contributed by atoms with Gasteiger partial charge < -0.3 is 15.5 Å². The van der Waals surface area contributed by atoms with Crippen molar-refractivity contribution in [2.45, 2.75) is 19.4 Å². The molecule has 0 radical (unpaired) electrons. The molecule has 0 saturated carbocycles. The second kappa shape index (κ2) is 6.82. The molecule has 4 nitrogen and oxygen atoms in total. The predicted molar refractivity (Wildman–Crippen MR) is 111 cm³/mol. The molecule has 27 heavy (non-hydrogen) atoms. The molecular formula is C22H25FN4. The van der Waals surface area contributed by atoms with Gasteiger partial charge in [0.15, 0.2) is 0 Å². The van der Waals surface area contributed by atoms with Crippen LogP contribution in [0.15, 0.2) is 42.6 Å². The van der Waals surface area contributed by atoms with Gasteiger partial charge in [0.1, 0.15) is 11.6 Å². The number of nitrogens with zero attached hydrogens (tertiary/aromatic N) is 3. The Labute approximate surface area is 159 Å². The molecule has 2 N–H and O–H groups in total. The third-order valence-corrected chi connectivity index (χ3v) is 5.58. The van der Waals surface area contributed by atoms with E-state index in [1.54, 1.807) is 12.3 Å². The molecule has 1 fully saturated rings. The Bertz CT molecular complexity index is 979. The number of aromatic nitrogens is 1. The zero-order chi connectivity index (χ0) is 19.1. The van der Waals surface area contributed by atoms with Gasteiger partial charge in [-0.3, -0.25) is 0 Å². The number of nitrogen functional groups attached to an aromatic ring is 1. The van der Waals surface area contributed by atoms with E-state index < -0.39 is 0 Å². The van der Waals surface area contributed by atoms with Gasteiger partial charge in [0.2, 0.25) is 0 Å². The number of benzene rings is 2. The summed E-state index contributed by atoms with van der Waals surface area (Å²) in [5.41, 5.74) is 9.53. The Balaban J connectivity index is 1.90. The second-order valence-electron chi connectivity index (χ2n) is 7.61. The normalized spacial score (nSPS) is 17.2. The molecule has 5 heteroatoms. The number of aryl methyl sites for hydroxylation is 1. The van der Waals surface area contributed by atoms with E-state index in [-0.39, 0.29) is 5.82 Å². The van der Waals surface area contributed by atoms with Crippen LogP contribution in [0.2, 0.25) is 0 Å². The monoisotopic (exact) mass is 364 g/mol. The lowest BCUT2D eigenvalue weighted by atomic mass is 9.96. The number of anilines is 2. The van der Waals surface area contributed by atoms with Crippen molar-refractivity contribution in [2.75, 3.05) is 37.8 Å². The predicted octanol–water partition coefficient (Wildman–Crippen LogP) is 4.07. The van der Waals surface area contributed by atoms with Crippen molar-refractivity contribution in [1.29, 1.82) is 0 Å². The summed E-state index contributed by atoms with van der Waals surface area (Å²) in [6, 6.07) is 11.8. The van der Waals surface area contributed by atoms with Crippen LogP contribution in [0.25, 0.3) is 21.9 Å². The van der Waals surface area contributed by atoms with E-state index >= 15 is 0 Å². The molecule has 0 amide bonds. The summed E-state index contributed by atoms with van der Waals surface area (Å²) in [5, 5.41) is 2.05. The molecule has 1 aliphatic rings. The Morgan fingerprint density at radius 1 is 1.22 bits per heavy atom. The quantitative estimate of drug-likeness (QED) is 0.761. The first-order valence-corrected chi connectivity index (χ1v) is 9.30. The molecule has 0 aliphatic carbocycles. The van der Waals surface area contributed by atoms with Gasteiger partial charge >= 0.3 is 0 Å². The van der Waals surface area contributed by atoms with Gasteiger partial charge in [0.25, 0.3) is 0 Å². The molecule has 1 aromatic heterocycles. The van der Waals surface area contributed by atoms with Gasteiger partial charge in [-0.05, 0) is 62.8 Å². The molecule has 0 bridgehead atoms. The summed E-state index contributed by atoms with van der Waals surface area (Å²) in [5.74, 6) is 0.304. The van der Waals surface area contributed by atoms with Crippen LogP contribution in [0.4, 0.5) is 15.9 Å². The number of fused-ring (bicyclic) bond motifs is 1. The first-order valence-electron chi connectivity index (χ1n) is 9.30. The first kappa shape index (κ1) is 17.7. The van der Waals surface area contributed by atoms with Crippen LogP contribution in [0.5, 0.6) is 0 Å². The van der Waals surface area contributed by atoms with Crippen LogP contribution in [0.3, 0.4) is 0 Å². The van der Waals surface area contributed by atoms with E-state index in [0.717, 1.165) is 47.1 Å². The Hall–Kier alpha value is -2.66. The Morgan fingerprint density at radius 3 is 2.74 bits per heavy atom. The lowest BCUT2D eigenvalue weighted by Crippen LogP contribution is -2.31. The highest BCUT2D eigenvalue weighted by molar-refractivity contribution is 5.99. The summed E-state index contributed by atoms with van der Waals surface area (Å²) >= 11 is 0. The number of halogens is 1. The van der Waals surface area contributed by atoms with Crippen molar-refractivity contribution in [3.05, 3.63) is 54.0 Å². The molecule has 1 atom stereocenters. The van der Waals surface area contributed by atoms with E-state index in [9.17, 15) is 4.39 Å². The minimum atomic E-state index is -0.198. The van der Waals surface area contributed by atoms with E-state index in [1.165, 1.54) is 6.07 Å². The van der Waals surface area contributed by atoms with Gasteiger partial charge in [-0.2, -0.15) is 0 Å². The molecule has 1 aliphatic heterocycles. The Kier molecular flexibility index (Phi) is 4.48. The third kappa shape index (κ3) is 3.23. The van der Waals surface area contributed by atoms with E-state index in [4.69, 9.17) is 5.73 Å². The molecule has 3 aromatic rings. The highest BCUT2D eigenvalue weighted by atomic mass is 19.1. The van der Waals surface area contributed by atoms with Gasteiger partial charge in [-0.25, -0.2) is 9.37 Å². The molecule has 0 unspecified atom stereocenters. The van der Waals surface area contributed by atoms with Crippen LogP contribution in [-0.2, 0) is 0 Å². The molecule has 1 saturated heterocycles. The number of hydrogen-bond donors (Lipinski definition) is 1. The van der Waals surface area contributed by atoms with Crippen LogP contribution >= 0.6 is 0 Å². The highest BCUT2D eigenvalue weighted by Crippen LogP contribution is 2.37. The SMILES string of the molecule is Cc1cccc(F)c1-c1cc(N2CC[C@@H](N(C)C)C2)c2cc(N)ncc2c1. The van der Waals surface area contributed by atoms with Gasteiger partial charge in [0, 0.05) is 47.4 Å². The number of rotatable bonds is 3. The molecule has 0 spiro atoms. The van der Waals surface area contributed by atoms with Crippen molar-refractivity contribution in [3.8, 4) is 11.1 Å². The molecule has 4 rings (SSSR count). The van der Waals surface area contributed by atoms with Crippen molar-refractivity contribution in [2.24, 2.45) is 0 Å². The van der Waals surface area contributed by atoms with Gasteiger partial charge in [0.05, 0.1) is 0 Å². The highest BCUT2D eigenvalue weighted by Gasteiger charge is 2.26. The fraction of sp³-hybridized carbons (Fsp3) is 0.318. The number of hydrogen-bond acceptors (Lipinski definition) is 4. The molecule has 2 aromatic carbocycles. The van der Waals surface area contributed by atoms with Crippen LogP contribution in [0, 0.1) is 12.7 Å². The average molecular weight is 364 g/mol. The van der Waals surface area contributed by atoms with Crippen molar-refractivity contribution in [3.63, 3.8) is 0 Å². The fourth-order valence-electron chi connectivity index (χ4n) is 4.04. The summed E-state index contributed by atoms with van der Waals surface area (Å²) in [7, 11) is 4.24. The maximum atomic E-state index is 14.6. The molecule has 2 heterocycles. The molecular weight excluding hydrogens is 339 g/mol. The van der Waals surface area contributed by atoms with Crippen molar-refractivity contribution < 1.29 is 4.39 Å². The van der Waals surface area contributed by atoms with Gasteiger partial charge in [-0.1, -0.05) is 12.1 Å². The fourth-order valence-corrected chi connectivity index (χ4v) is 4.04. The smallest absolute Gasteiger partial charge is 0.131 e. The number of nitrogens with two attached hydrogens (primary N) is 1. The summed E-state index contributed by atoms with van der Waals surface area (Å²) in [6.45, 7) is 3.87. The summed E-state index contributed by atoms with van der Waals surface area (Å²) in [6.07, 6.45) is 2.89. The van der Waals surface area contributed by atoms with Crippen LogP contribution < -0.4 is 10.6 Å². The lowest BCUT2D eigenvalue weighted by Gasteiger charge is -2.24. The maximum absolute atomic E-state index is 14.6. The largest absolute Gasteiger partial charge is 0.384 e. The van der Waals surface area contributed by atoms with E-state index in [1.807, 2.05) is 25.1 Å². The summed E-state index contributed by atoms with van der Waals surface area (Å²) in [4.78, 5) is 8.90. The summed E-state index contributed by atoms with van der Waals surface area (Å²) < 4.78 is 14.6. The zero-order valence-corrected chi connectivity index (χ0v) is 16.0. The molecule has 140 valence electrons. The van der Waals surface area contributed by atoms with E-state index in [2.05, 4.69) is 34.9 Å². The standard InChI is InChI=1S/C22H25FN4/c1-14-5-4-6-19(23)22(14)15-9-16-12-25-21(24)11-18(16)20(10-15)27-8-7-17(13-27)26(2)3/h4-6,9-12,17H,7-8,13H2,1-3H3,(H2,24,25)/t17-/m1/s1. The first-order chi connectivity index (χ1) is 12.9. The third-order valence-electron chi connectivity index (χ3n) is 5.58.